The first kappa shape index (κ1) is 16.6. The molecule has 0 unspecified atom stereocenters. The van der Waals surface area contributed by atoms with Gasteiger partial charge < -0.3 is 16.6 Å². The molecule has 0 spiro atoms. The number of nitrogen functional groups attached to an aromatic ring is 1. The van der Waals surface area contributed by atoms with Crippen LogP contribution in [0.1, 0.15) is 60.8 Å². The minimum atomic E-state index is -0.618. The van der Waals surface area contributed by atoms with Crippen molar-refractivity contribution in [2.45, 2.75) is 46.0 Å². The molecule has 7 heteroatoms. The van der Waals surface area contributed by atoms with E-state index >= 15 is 0 Å². The highest BCUT2D eigenvalue weighted by atomic mass is 16.3. The summed E-state index contributed by atoms with van der Waals surface area (Å²) >= 11 is 0. The largest absolute Gasteiger partial charge is 0.508 e. The highest BCUT2D eigenvalue weighted by Gasteiger charge is 2.32. The molecule has 0 saturated heterocycles. The lowest BCUT2D eigenvalue weighted by molar-refractivity contribution is 0.100. The van der Waals surface area contributed by atoms with Gasteiger partial charge in [-0.3, -0.25) is 9.36 Å². The van der Waals surface area contributed by atoms with E-state index in [1.54, 1.807) is 10.6 Å². The average Bonchev–Trinajstić information content (AvgIpc) is 3.37. The Bertz CT molecular complexity index is 1010. The molecule has 136 valence electrons. The predicted molar refractivity (Wildman–Crippen MR) is 101 cm³/mol. The lowest BCUT2D eigenvalue weighted by atomic mass is 9.93. The average molecular weight is 353 g/mol. The van der Waals surface area contributed by atoms with Crippen molar-refractivity contribution in [3.05, 3.63) is 34.4 Å². The molecule has 1 saturated carbocycles. The van der Waals surface area contributed by atoms with Crippen LogP contribution < -0.4 is 11.5 Å². The summed E-state index contributed by atoms with van der Waals surface area (Å²) in [5.41, 5.74) is 16.5. The van der Waals surface area contributed by atoms with Gasteiger partial charge in [-0.25, -0.2) is 9.97 Å². The minimum Gasteiger partial charge on any atom is -0.508 e. The molecule has 2 aromatic heterocycles. The Morgan fingerprint density at radius 3 is 2.62 bits per heavy atom. The van der Waals surface area contributed by atoms with Gasteiger partial charge >= 0.3 is 0 Å². The van der Waals surface area contributed by atoms with Crippen LogP contribution in [0.2, 0.25) is 0 Å². The molecule has 1 amide bonds. The molecule has 0 radical (unpaired) electrons. The smallest absolute Gasteiger partial charge is 0.254 e. The van der Waals surface area contributed by atoms with Crippen molar-refractivity contribution < 1.29 is 9.90 Å². The summed E-state index contributed by atoms with van der Waals surface area (Å²) in [6.07, 6.45) is 4.64. The van der Waals surface area contributed by atoms with E-state index in [4.69, 9.17) is 21.4 Å². The van der Waals surface area contributed by atoms with Crippen LogP contribution >= 0.6 is 0 Å². The number of allylic oxidation sites excluding steroid dienone is 3. The molecule has 2 heterocycles. The number of amides is 1. The Morgan fingerprint density at radius 2 is 2.00 bits per heavy atom. The molecule has 2 aliphatic rings. The van der Waals surface area contributed by atoms with Crippen LogP contribution in [0.15, 0.2) is 17.4 Å². The second-order valence-electron chi connectivity index (χ2n) is 7.34. The quantitative estimate of drug-likeness (QED) is 0.783. The van der Waals surface area contributed by atoms with Crippen LogP contribution in [0, 0.1) is 12.8 Å². The summed E-state index contributed by atoms with van der Waals surface area (Å²) in [5, 5.41) is 10.2. The standard InChI is InChI=1S/C19H23N5O2/c1-8-4-7-12(25)9(2)16(8)24-17(20)13(18(21)26)15-19(24)22-10(3)14(23-15)11-5-6-11/h7-8,11,25H,4-6,20H2,1-3H3,(H2,21,26)/t8-/m1/s1. The van der Waals surface area contributed by atoms with E-state index in [9.17, 15) is 9.90 Å². The lowest BCUT2D eigenvalue weighted by Crippen LogP contribution is -2.17. The fraction of sp³-hybridized carbons (Fsp3) is 0.421. The number of carbonyl (C=O) groups excluding carboxylic acids is 1. The number of nitrogens with zero attached hydrogens (tertiary/aromatic N) is 3. The van der Waals surface area contributed by atoms with Crippen LogP contribution in [0.25, 0.3) is 16.9 Å². The van der Waals surface area contributed by atoms with Gasteiger partial charge in [-0.15, -0.1) is 0 Å². The summed E-state index contributed by atoms with van der Waals surface area (Å²) in [5.74, 6) is 0.344. The van der Waals surface area contributed by atoms with E-state index in [1.165, 1.54) is 0 Å². The number of hydrogen-bond donors (Lipinski definition) is 3. The van der Waals surface area contributed by atoms with E-state index in [1.807, 2.05) is 13.8 Å². The maximum Gasteiger partial charge on any atom is 0.254 e. The fourth-order valence-electron chi connectivity index (χ4n) is 3.86. The summed E-state index contributed by atoms with van der Waals surface area (Å²) in [7, 11) is 0. The van der Waals surface area contributed by atoms with Gasteiger partial charge in [0.05, 0.1) is 11.4 Å². The van der Waals surface area contributed by atoms with Crippen LogP contribution in [0.3, 0.4) is 0 Å². The third kappa shape index (κ3) is 2.30. The van der Waals surface area contributed by atoms with E-state index in [-0.39, 0.29) is 23.1 Å². The maximum absolute atomic E-state index is 12.1. The van der Waals surface area contributed by atoms with Crippen molar-refractivity contribution in [2.24, 2.45) is 11.7 Å². The van der Waals surface area contributed by atoms with Gasteiger partial charge in [0.15, 0.2) is 5.65 Å². The first-order chi connectivity index (χ1) is 12.3. The topological polar surface area (TPSA) is 120 Å². The number of aromatic nitrogens is 3. The molecule has 0 aliphatic heterocycles. The number of rotatable bonds is 3. The van der Waals surface area contributed by atoms with E-state index in [0.29, 0.717) is 29.1 Å². The zero-order chi connectivity index (χ0) is 18.7. The molecule has 1 atom stereocenters. The van der Waals surface area contributed by atoms with E-state index in [0.717, 1.165) is 29.9 Å². The first-order valence-corrected chi connectivity index (χ1v) is 8.90. The third-order valence-electron chi connectivity index (χ3n) is 5.39. The Kier molecular flexibility index (Phi) is 3.57. The fourth-order valence-corrected chi connectivity index (χ4v) is 3.86. The zero-order valence-corrected chi connectivity index (χ0v) is 15.2. The second-order valence-corrected chi connectivity index (χ2v) is 7.34. The SMILES string of the molecule is CC1=C(n2c(N)c(C(N)=O)c3nc(C4CC4)c(C)nc32)[C@H](C)CC=C1O. The molecule has 7 nitrogen and oxygen atoms in total. The van der Waals surface area contributed by atoms with Crippen molar-refractivity contribution in [3.63, 3.8) is 0 Å². The monoisotopic (exact) mass is 353 g/mol. The van der Waals surface area contributed by atoms with Crippen LogP contribution in [0.5, 0.6) is 0 Å². The maximum atomic E-state index is 12.1. The zero-order valence-electron chi connectivity index (χ0n) is 15.2. The molecule has 0 bridgehead atoms. The predicted octanol–water partition coefficient (Wildman–Crippen LogP) is 3.01. The van der Waals surface area contributed by atoms with Crippen molar-refractivity contribution in [1.29, 1.82) is 0 Å². The summed E-state index contributed by atoms with van der Waals surface area (Å²) in [6, 6.07) is 0. The van der Waals surface area contributed by atoms with Crippen molar-refractivity contribution >= 4 is 28.6 Å². The third-order valence-corrected chi connectivity index (χ3v) is 5.39. The van der Waals surface area contributed by atoms with Gasteiger partial charge in [-0.2, -0.15) is 0 Å². The summed E-state index contributed by atoms with van der Waals surface area (Å²) in [6.45, 7) is 5.82. The normalized spacial score (nSPS) is 20.6. The van der Waals surface area contributed by atoms with Crippen molar-refractivity contribution in [3.8, 4) is 0 Å². The van der Waals surface area contributed by atoms with E-state index in [2.05, 4.69) is 6.92 Å². The molecule has 0 aromatic carbocycles. The van der Waals surface area contributed by atoms with Crippen molar-refractivity contribution in [2.75, 3.05) is 5.73 Å². The molecular formula is C19H23N5O2. The Hall–Kier alpha value is -2.83. The number of fused-ring (bicyclic) bond motifs is 1. The van der Waals surface area contributed by atoms with Gasteiger partial charge in [0, 0.05) is 23.1 Å². The Morgan fingerprint density at radius 1 is 1.31 bits per heavy atom. The Labute approximate surface area is 151 Å². The summed E-state index contributed by atoms with van der Waals surface area (Å²) in [4.78, 5) is 21.6. The summed E-state index contributed by atoms with van der Waals surface area (Å²) < 4.78 is 1.75. The number of carbonyl (C=O) groups is 1. The molecule has 4 rings (SSSR count). The van der Waals surface area contributed by atoms with E-state index < -0.39 is 5.91 Å². The van der Waals surface area contributed by atoms with Gasteiger partial charge in [-0.1, -0.05) is 6.92 Å². The Balaban J connectivity index is 2.08. The number of primary amides is 1. The minimum absolute atomic E-state index is 0.106. The first-order valence-electron chi connectivity index (χ1n) is 8.90. The molecule has 5 N–H and O–H groups in total. The molecular weight excluding hydrogens is 330 g/mol. The van der Waals surface area contributed by atoms with Crippen LogP contribution in [-0.2, 0) is 0 Å². The number of anilines is 1. The molecule has 2 aliphatic carbocycles. The second kappa shape index (κ2) is 5.59. The number of nitrogens with two attached hydrogens (primary N) is 2. The van der Waals surface area contributed by atoms with Crippen LogP contribution in [0.4, 0.5) is 5.82 Å². The van der Waals surface area contributed by atoms with Crippen molar-refractivity contribution in [1.82, 2.24) is 14.5 Å². The number of aliphatic hydroxyl groups is 1. The van der Waals surface area contributed by atoms with Gasteiger partial charge in [0.2, 0.25) is 0 Å². The van der Waals surface area contributed by atoms with Gasteiger partial charge in [-0.05, 0) is 39.2 Å². The highest BCUT2D eigenvalue weighted by Crippen LogP contribution is 2.43. The van der Waals surface area contributed by atoms with Gasteiger partial charge in [0.25, 0.3) is 5.91 Å². The van der Waals surface area contributed by atoms with Gasteiger partial charge in [0.1, 0.15) is 22.7 Å². The number of hydrogen-bond acceptors (Lipinski definition) is 5. The lowest BCUT2D eigenvalue weighted by Gasteiger charge is -2.24. The number of aliphatic hydroxyl groups excluding tert-OH is 1. The molecule has 1 fully saturated rings. The van der Waals surface area contributed by atoms with Crippen LogP contribution in [-0.4, -0.2) is 25.5 Å². The number of aryl methyl sites for hydroxylation is 1. The molecule has 26 heavy (non-hydrogen) atoms. The molecule has 2 aromatic rings. The highest BCUT2D eigenvalue weighted by molar-refractivity contribution is 6.10.